The van der Waals surface area contributed by atoms with Gasteiger partial charge in [-0.1, -0.05) is 33.6 Å². The molecular formula is C12H11BrClN3. The van der Waals surface area contributed by atoms with E-state index in [0.717, 1.165) is 15.7 Å². The maximum Gasteiger partial charge on any atom is 0.149 e. The van der Waals surface area contributed by atoms with Gasteiger partial charge >= 0.3 is 0 Å². The number of benzene rings is 1. The van der Waals surface area contributed by atoms with Crippen molar-refractivity contribution in [3.8, 4) is 0 Å². The predicted molar refractivity (Wildman–Crippen MR) is 75.8 cm³/mol. The quantitative estimate of drug-likeness (QED) is 0.876. The van der Waals surface area contributed by atoms with E-state index in [2.05, 4.69) is 26.2 Å². The molecule has 0 spiro atoms. The van der Waals surface area contributed by atoms with Crippen molar-refractivity contribution in [1.29, 1.82) is 0 Å². The van der Waals surface area contributed by atoms with Gasteiger partial charge in [-0.2, -0.15) is 0 Å². The summed E-state index contributed by atoms with van der Waals surface area (Å²) in [6, 6.07) is 7.57. The average molecular weight is 313 g/mol. The van der Waals surface area contributed by atoms with E-state index in [-0.39, 0.29) is 0 Å². The monoisotopic (exact) mass is 311 g/mol. The molecule has 88 valence electrons. The minimum absolute atomic E-state index is 0.504. The molecule has 1 aromatic heterocycles. The third-order valence-corrected chi connectivity index (χ3v) is 3.53. The fourth-order valence-corrected chi connectivity index (χ4v) is 2.00. The number of halogens is 2. The topological polar surface area (TPSA) is 50.9 Å². The molecule has 0 amide bonds. The van der Waals surface area contributed by atoms with Crippen LogP contribution in [-0.4, -0.2) is 4.98 Å². The van der Waals surface area contributed by atoms with Crippen molar-refractivity contribution in [2.75, 3.05) is 11.1 Å². The first-order valence-electron chi connectivity index (χ1n) is 5.01. The van der Waals surface area contributed by atoms with Crippen LogP contribution in [0.3, 0.4) is 0 Å². The molecule has 0 aliphatic heterocycles. The van der Waals surface area contributed by atoms with E-state index < -0.39 is 0 Å². The zero-order valence-corrected chi connectivity index (χ0v) is 11.5. The lowest BCUT2D eigenvalue weighted by Gasteiger charge is -2.11. The molecule has 0 aliphatic rings. The molecule has 3 N–H and O–H groups in total. The molecule has 0 atom stereocenters. The Morgan fingerprint density at radius 2 is 2.18 bits per heavy atom. The number of nitrogens with two attached hydrogens (primary N) is 1. The second kappa shape index (κ2) is 4.94. The van der Waals surface area contributed by atoms with Crippen LogP contribution < -0.4 is 11.1 Å². The van der Waals surface area contributed by atoms with Gasteiger partial charge in [0.05, 0.1) is 16.9 Å². The average Bonchev–Trinajstić information content (AvgIpc) is 2.28. The van der Waals surface area contributed by atoms with E-state index in [1.54, 1.807) is 12.3 Å². The number of hydrogen-bond acceptors (Lipinski definition) is 3. The van der Waals surface area contributed by atoms with E-state index in [4.69, 9.17) is 17.3 Å². The number of nitrogens with one attached hydrogen (secondary N) is 1. The molecule has 1 heterocycles. The van der Waals surface area contributed by atoms with Crippen molar-refractivity contribution < 1.29 is 0 Å². The van der Waals surface area contributed by atoms with Crippen molar-refractivity contribution in [2.24, 2.45) is 0 Å². The zero-order chi connectivity index (χ0) is 12.4. The standard InChI is InChI=1S/C12H11BrClN3/c1-7-9(13)3-2-4-11(7)17-12-10(14)5-8(15)6-16-12/h2-6H,15H2,1H3,(H,16,17). The van der Waals surface area contributed by atoms with Gasteiger partial charge in [0.2, 0.25) is 0 Å². The number of anilines is 3. The summed E-state index contributed by atoms with van der Waals surface area (Å²) in [5.41, 5.74) is 8.20. The van der Waals surface area contributed by atoms with Crippen molar-refractivity contribution in [2.45, 2.75) is 6.92 Å². The van der Waals surface area contributed by atoms with Gasteiger partial charge in [-0.15, -0.1) is 0 Å². The first kappa shape index (κ1) is 12.2. The van der Waals surface area contributed by atoms with Gasteiger partial charge in [-0.05, 0) is 30.7 Å². The molecule has 17 heavy (non-hydrogen) atoms. The van der Waals surface area contributed by atoms with Gasteiger partial charge in [0.15, 0.2) is 0 Å². The van der Waals surface area contributed by atoms with Gasteiger partial charge < -0.3 is 11.1 Å². The van der Waals surface area contributed by atoms with Gasteiger partial charge in [0.25, 0.3) is 0 Å². The second-order valence-corrected chi connectivity index (χ2v) is 4.90. The van der Waals surface area contributed by atoms with Crippen LogP contribution in [0.25, 0.3) is 0 Å². The van der Waals surface area contributed by atoms with E-state index in [0.29, 0.717) is 16.5 Å². The minimum Gasteiger partial charge on any atom is -0.397 e. The van der Waals surface area contributed by atoms with Crippen LogP contribution in [-0.2, 0) is 0 Å². The number of aromatic nitrogens is 1. The van der Waals surface area contributed by atoms with Crippen molar-refractivity contribution >= 4 is 44.7 Å². The highest BCUT2D eigenvalue weighted by molar-refractivity contribution is 9.10. The van der Waals surface area contributed by atoms with Crippen molar-refractivity contribution in [3.05, 3.63) is 45.5 Å². The summed E-state index contributed by atoms with van der Waals surface area (Å²) < 4.78 is 1.04. The largest absolute Gasteiger partial charge is 0.397 e. The van der Waals surface area contributed by atoms with Crippen LogP contribution in [0, 0.1) is 6.92 Å². The first-order valence-corrected chi connectivity index (χ1v) is 6.18. The summed E-state index contributed by atoms with van der Waals surface area (Å²) in [6.07, 6.45) is 1.57. The van der Waals surface area contributed by atoms with Gasteiger partial charge in [-0.3, -0.25) is 0 Å². The summed E-state index contributed by atoms with van der Waals surface area (Å²) in [5.74, 6) is 0.599. The fourth-order valence-electron chi connectivity index (χ4n) is 1.42. The summed E-state index contributed by atoms with van der Waals surface area (Å²) in [4.78, 5) is 4.16. The first-order chi connectivity index (χ1) is 8.08. The second-order valence-electron chi connectivity index (χ2n) is 3.64. The van der Waals surface area contributed by atoms with Crippen molar-refractivity contribution in [3.63, 3.8) is 0 Å². The molecule has 5 heteroatoms. The van der Waals surface area contributed by atoms with Gasteiger partial charge in [-0.25, -0.2) is 4.98 Å². The lowest BCUT2D eigenvalue weighted by Crippen LogP contribution is -1.98. The van der Waals surface area contributed by atoms with Crippen LogP contribution >= 0.6 is 27.5 Å². The van der Waals surface area contributed by atoms with Crippen LogP contribution in [0.1, 0.15) is 5.56 Å². The molecule has 3 nitrogen and oxygen atoms in total. The number of rotatable bonds is 2. The Labute approximate surface area is 113 Å². The van der Waals surface area contributed by atoms with Crippen LogP contribution in [0.15, 0.2) is 34.9 Å². The number of nitrogens with zero attached hydrogens (tertiary/aromatic N) is 1. The third-order valence-electron chi connectivity index (χ3n) is 2.38. The molecule has 2 rings (SSSR count). The zero-order valence-electron chi connectivity index (χ0n) is 9.17. The maximum atomic E-state index is 6.05. The Balaban J connectivity index is 2.35. The maximum absolute atomic E-state index is 6.05. The number of hydrogen-bond donors (Lipinski definition) is 2. The summed E-state index contributed by atoms with van der Waals surface area (Å²) in [5, 5.41) is 3.68. The Morgan fingerprint density at radius 3 is 2.88 bits per heavy atom. The Kier molecular flexibility index (Phi) is 3.54. The van der Waals surface area contributed by atoms with Gasteiger partial charge in [0, 0.05) is 10.2 Å². The van der Waals surface area contributed by atoms with Crippen LogP contribution in [0.5, 0.6) is 0 Å². The van der Waals surface area contributed by atoms with Gasteiger partial charge in [0.1, 0.15) is 5.82 Å². The normalized spacial score (nSPS) is 10.3. The Morgan fingerprint density at radius 1 is 1.41 bits per heavy atom. The van der Waals surface area contributed by atoms with E-state index in [1.165, 1.54) is 0 Å². The number of nitrogen functional groups attached to an aromatic ring is 1. The summed E-state index contributed by atoms with van der Waals surface area (Å²) in [6.45, 7) is 2.01. The molecule has 0 fully saturated rings. The van der Waals surface area contributed by atoms with Crippen molar-refractivity contribution in [1.82, 2.24) is 4.98 Å². The Bertz CT molecular complexity index is 557. The highest BCUT2D eigenvalue weighted by Gasteiger charge is 2.06. The van der Waals surface area contributed by atoms with Crippen LogP contribution in [0.2, 0.25) is 5.02 Å². The molecule has 0 aliphatic carbocycles. The molecule has 0 saturated heterocycles. The molecule has 0 saturated carbocycles. The minimum atomic E-state index is 0.504. The third kappa shape index (κ3) is 2.70. The molecule has 0 bridgehead atoms. The molecule has 0 radical (unpaired) electrons. The smallest absolute Gasteiger partial charge is 0.149 e. The SMILES string of the molecule is Cc1c(Br)cccc1Nc1ncc(N)cc1Cl. The molecule has 2 aromatic rings. The molecule has 1 aromatic carbocycles. The molecule has 0 unspecified atom stereocenters. The lowest BCUT2D eigenvalue weighted by molar-refractivity contribution is 1.29. The Hall–Kier alpha value is -1.26. The summed E-state index contributed by atoms with van der Waals surface area (Å²) >= 11 is 9.53. The predicted octanol–water partition coefficient (Wildman–Crippen LogP) is 4.13. The highest BCUT2D eigenvalue weighted by Crippen LogP contribution is 2.29. The van der Waals surface area contributed by atoms with E-state index in [9.17, 15) is 0 Å². The highest BCUT2D eigenvalue weighted by atomic mass is 79.9. The van der Waals surface area contributed by atoms with E-state index in [1.807, 2.05) is 25.1 Å². The summed E-state index contributed by atoms with van der Waals surface area (Å²) in [7, 11) is 0. The fraction of sp³-hybridized carbons (Fsp3) is 0.0833. The lowest BCUT2D eigenvalue weighted by atomic mass is 10.2. The number of pyridine rings is 1. The van der Waals surface area contributed by atoms with E-state index >= 15 is 0 Å². The molecular weight excluding hydrogens is 302 g/mol. The van der Waals surface area contributed by atoms with Crippen LogP contribution in [0.4, 0.5) is 17.2 Å².